The summed E-state index contributed by atoms with van der Waals surface area (Å²) in [4.78, 5) is 2.65. The highest BCUT2D eigenvalue weighted by Crippen LogP contribution is 2.36. The third-order valence-electron chi connectivity index (χ3n) is 4.63. The van der Waals surface area contributed by atoms with Crippen LogP contribution in [0.15, 0.2) is 30.3 Å². The van der Waals surface area contributed by atoms with Gasteiger partial charge in [-0.1, -0.05) is 30.3 Å². The van der Waals surface area contributed by atoms with E-state index in [1.807, 2.05) is 0 Å². The molecule has 1 N–H and O–H groups in total. The van der Waals surface area contributed by atoms with Crippen LogP contribution in [0.5, 0.6) is 0 Å². The molecule has 1 unspecified atom stereocenters. The number of likely N-dealkylation sites (tertiary alicyclic amines) is 1. The van der Waals surface area contributed by atoms with E-state index in [0.29, 0.717) is 6.04 Å². The van der Waals surface area contributed by atoms with Crippen LogP contribution in [0.2, 0.25) is 0 Å². The number of rotatable bonds is 2. The first-order valence-electron chi connectivity index (χ1n) is 7.29. The molecule has 2 fully saturated rings. The Morgan fingerprint density at radius 3 is 2.78 bits per heavy atom. The summed E-state index contributed by atoms with van der Waals surface area (Å²) >= 11 is 0. The van der Waals surface area contributed by atoms with Crippen molar-refractivity contribution in [2.24, 2.45) is 5.92 Å². The molecule has 3 rings (SSSR count). The molecule has 0 spiro atoms. The zero-order valence-corrected chi connectivity index (χ0v) is 11.0. The van der Waals surface area contributed by atoms with Crippen LogP contribution in [0, 0.1) is 5.92 Å². The Bertz CT molecular complexity index is 378. The van der Waals surface area contributed by atoms with Gasteiger partial charge in [0.1, 0.15) is 0 Å². The number of hydrogen-bond acceptors (Lipinski definition) is 2. The van der Waals surface area contributed by atoms with Crippen molar-refractivity contribution in [1.82, 2.24) is 4.90 Å². The normalized spacial score (nSPS) is 33.1. The van der Waals surface area contributed by atoms with Gasteiger partial charge >= 0.3 is 0 Å². The van der Waals surface area contributed by atoms with Crippen molar-refractivity contribution < 1.29 is 5.11 Å². The van der Waals surface area contributed by atoms with Gasteiger partial charge < -0.3 is 5.11 Å². The van der Waals surface area contributed by atoms with Crippen LogP contribution in [-0.4, -0.2) is 28.7 Å². The van der Waals surface area contributed by atoms with Crippen molar-refractivity contribution in [2.75, 3.05) is 6.54 Å². The van der Waals surface area contributed by atoms with E-state index in [1.165, 1.54) is 31.4 Å². The fourth-order valence-electron chi connectivity index (χ4n) is 3.75. The van der Waals surface area contributed by atoms with Crippen LogP contribution >= 0.6 is 0 Å². The van der Waals surface area contributed by atoms with E-state index in [-0.39, 0.29) is 6.10 Å². The van der Waals surface area contributed by atoms with Gasteiger partial charge in [-0.25, -0.2) is 0 Å². The van der Waals surface area contributed by atoms with Gasteiger partial charge in [-0.2, -0.15) is 0 Å². The van der Waals surface area contributed by atoms with E-state index >= 15 is 0 Å². The largest absolute Gasteiger partial charge is 0.393 e. The van der Waals surface area contributed by atoms with Crippen molar-refractivity contribution in [2.45, 2.75) is 50.8 Å². The average molecular weight is 245 g/mol. The Kier molecular flexibility index (Phi) is 3.67. The Balaban J connectivity index is 1.68. The van der Waals surface area contributed by atoms with Gasteiger partial charge in [0, 0.05) is 12.6 Å². The molecule has 1 aliphatic heterocycles. The number of hydrogen-bond donors (Lipinski definition) is 1. The molecule has 1 saturated carbocycles. The topological polar surface area (TPSA) is 23.5 Å². The van der Waals surface area contributed by atoms with Gasteiger partial charge in [-0.15, -0.1) is 0 Å². The second-order valence-electron chi connectivity index (χ2n) is 5.89. The van der Waals surface area contributed by atoms with Gasteiger partial charge in [-0.3, -0.25) is 4.90 Å². The van der Waals surface area contributed by atoms with Crippen molar-refractivity contribution in [3.05, 3.63) is 35.9 Å². The molecule has 18 heavy (non-hydrogen) atoms. The number of aliphatic hydroxyl groups is 1. The zero-order chi connectivity index (χ0) is 12.4. The molecule has 1 aromatic rings. The lowest BCUT2D eigenvalue weighted by molar-refractivity contribution is 0.00134. The zero-order valence-electron chi connectivity index (χ0n) is 11.0. The molecule has 2 heteroatoms. The minimum atomic E-state index is -0.0390. The molecule has 2 nitrogen and oxygen atoms in total. The highest BCUT2D eigenvalue weighted by atomic mass is 16.3. The maximum atomic E-state index is 9.81. The summed E-state index contributed by atoms with van der Waals surface area (Å²) in [5.74, 6) is 0.728. The number of nitrogens with zero attached hydrogens (tertiary/aromatic N) is 1. The van der Waals surface area contributed by atoms with E-state index in [1.54, 1.807) is 0 Å². The molecule has 1 saturated heterocycles. The summed E-state index contributed by atoms with van der Waals surface area (Å²) in [6.07, 6.45) is 5.76. The maximum absolute atomic E-state index is 9.81. The van der Waals surface area contributed by atoms with Crippen molar-refractivity contribution >= 4 is 0 Å². The first kappa shape index (κ1) is 12.2. The molecule has 1 aliphatic carbocycles. The molecule has 1 aromatic carbocycles. The van der Waals surface area contributed by atoms with Crippen molar-refractivity contribution in [1.29, 1.82) is 0 Å². The van der Waals surface area contributed by atoms with Gasteiger partial charge in [-0.05, 0) is 50.1 Å². The number of benzene rings is 1. The first-order valence-corrected chi connectivity index (χ1v) is 7.29. The average Bonchev–Trinajstić information content (AvgIpc) is 2.40. The number of piperidine rings is 1. The summed E-state index contributed by atoms with van der Waals surface area (Å²) in [7, 11) is 0. The van der Waals surface area contributed by atoms with Crippen molar-refractivity contribution in [3.63, 3.8) is 0 Å². The standard InChI is InChI=1S/C16H23NO/c18-15-8-9-16-14(11-15)7-4-10-17(16)12-13-5-2-1-3-6-13/h1-3,5-6,14-16,18H,4,7-12H2/t14-,15?,16-/m0/s1. The molecule has 2 aliphatic rings. The molecule has 0 aromatic heterocycles. The predicted molar refractivity (Wildman–Crippen MR) is 73.2 cm³/mol. The van der Waals surface area contributed by atoms with Crippen LogP contribution in [0.4, 0.5) is 0 Å². The van der Waals surface area contributed by atoms with Crippen LogP contribution < -0.4 is 0 Å². The lowest BCUT2D eigenvalue weighted by atomic mass is 9.77. The van der Waals surface area contributed by atoms with Crippen molar-refractivity contribution in [3.8, 4) is 0 Å². The maximum Gasteiger partial charge on any atom is 0.0544 e. The third-order valence-corrected chi connectivity index (χ3v) is 4.63. The Hall–Kier alpha value is -0.860. The molecule has 0 bridgehead atoms. The van der Waals surface area contributed by atoms with Gasteiger partial charge in [0.2, 0.25) is 0 Å². The number of aliphatic hydroxyl groups excluding tert-OH is 1. The summed E-state index contributed by atoms with van der Waals surface area (Å²) < 4.78 is 0. The van der Waals surface area contributed by atoms with E-state index in [2.05, 4.69) is 35.2 Å². The Labute approximate surface area is 110 Å². The lowest BCUT2D eigenvalue weighted by Crippen LogP contribution is -2.48. The van der Waals surface area contributed by atoms with Gasteiger partial charge in [0.25, 0.3) is 0 Å². The van der Waals surface area contributed by atoms with Crippen LogP contribution in [0.1, 0.15) is 37.7 Å². The molecular weight excluding hydrogens is 222 g/mol. The lowest BCUT2D eigenvalue weighted by Gasteiger charge is -2.45. The monoisotopic (exact) mass is 245 g/mol. The van der Waals surface area contributed by atoms with E-state index in [9.17, 15) is 5.11 Å². The summed E-state index contributed by atoms with van der Waals surface area (Å²) in [5.41, 5.74) is 1.42. The molecular formula is C16H23NO. The molecule has 98 valence electrons. The van der Waals surface area contributed by atoms with Gasteiger partial charge in [0.05, 0.1) is 6.10 Å². The molecule has 3 atom stereocenters. The SMILES string of the molecule is OC1CC[C@H]2[C@@H](CCCN2Cc2ccccc2)C1. The Morgan fingerprint density at radius 1 is 1.11 bits per heavy atom. The van der Waals surface area contributed by atoms with Crippen LogP contribution in [-0.2, 0) is 6.54 Å². The summed E-state index contributed by atoms with van der Waals surface area (Å²) in [5, 5.41) is 9.81. The summed E-state index contributed by atoms with van der Waals surface area (Å²) in [6.45, 7) is 2.31. The second kappa shape index (κ2) is 5.41. The molecule has 0 radical (unpaired) electrons. The van der Waals surface area contributed by atoms with E-state index in [4.69, 9.17) is 0 Å². The molecule has 0 amide bonds. The summed E-state index contributed by atoms with van der Waals surface area (Å²) in [6, 6.07) is 11.5. The van der Waals surface area contributed by atoms with Crippen LogP contribution in [0.3, 0.4) is 0 Å². The highest BCUT2D eigenvalue weighted by molar-refractivity contribution is 5.14. The second-order valence-corrected chi connectivity index (χ2v) is 5.89. The van der Waals surface area contributed by atoms with E-state index < -0.39 is 0 Å². The van der Waals surface area contributed by atoms with Gasteiger partial charge in [0.15, 0.2) is 0 Å². The van der Waals surface area contributed by atoms with E-state index in [0.717, 1.165) is 25.3 Å². The third kappa shape index (κ3) is 2.60. The Morgan fingerprint density at radius 2 is 1.94 bits per heavy atom. The minimum Gasteiger partial charge on any atom is -0.393 e. The highest BCUT2D eigenvalue weighted by Gasteiger charge is 2.35. The minimum absolute atomic E-state index is 0.0390. The molecule has 1 heterocycles. The smallest absolute Gasteiger partial charge is 0.0544 e. The first-order chi connectivity index (χ1) is 8.83. The fraction of sp³-hybridized carbons (Fsp3) is 0.625. The fourth-order valence-corrected chi connectivity index (χ4v) is 3.75. The number of fused-ring (bicyclic) bond motifs is 1. The quantitative estimate of drug-likeness (QED) is 0.866. The van der Waals surface area contributed by atoms with Crippen LogP contribution in [0.25, 0.3) is 0 Å². The predicted octanol–water partition coefficient (Wildman–Crippen LogP) is 2.81.